The van der Waals surface area contributed by atoms with Crippen LogP contribution in [0.2, 0.25) is 0 Å². The molecule has 0 radical (unpaired) electrons. The van der Waals surface area contributed by atoms with E-state index >= 15 is 0 Å². The molecule has 5 heteroatoms. The van der Waals surface area contributed by atoms with Crippen LogP contribution in [-0.2, 0) is 0 Å². The highest BCUT2D eigenvalue weighted by Crippen LogP contribution is 2.57. The molecule has 1 aromatic carbocycles. The molecule has 2 aromatic rings. The van der Waals surface area contributed by atoms with E-state index in [0.29, 0.717) is 23.0 Å². The van der Waals surface area contributed by atoms with Crippen molar-refractivity contribution in [2.75, 3.05) is 5.73 Å². The van der Waals surface area contributed by atoms with Gasteiger partial charge in [-0.15, -0.1) is 0 Å². The van der Waals surface area contributed by atoms with E-state index in [-0.39, 0.29) is 17.1 Å². The van der Waals surface area contributed by atoms with Crippen molar-refractivity contribution in [1.29, 1.82) is 0 Å². The summed E-state index contributed by atoms with van der Waals surface area (Å²) < 4.78 is 18.4. The summed E-state index contributed by atoms with van der Waals surface area (Å²) in [5.74, 6) is 0.916. The normalized spacial score (nSPS) is 20.9. The van der Waals surface area contributed by atoms with Crippen LogP contribution in [0.15, 0.2) is 22.7 Å². The quantitative estimate of drug-likeness (QED) is 0.828. The molecule has 0 amide bonds. The van der Waals surface area contributed by atoms with Gasteiger partial charge < -0.3 is 10.3 Å². The number of halogens is 1. The summed E-state index contributed by atoms with van der Waals surface area (Å²) in [4.78, 5) is 4.32. The van der Waals surface area contributed by atoms with E-state index in [0.717, 1.165) is 6.42 Å². The Bertz CT molecular complexity index is 606. The molecule has 1 fully saturated rings. The zero-order chi connectivity index (χ0) is 12.9. The minimum absolute atomic E-state index is 0.231. The lowest BCUT2D eigenvalue weighted by Gasteiger charge is -1.99. The largest absolute Gasteiger partial charge is 0.398 e. The van der Waals surface area contributed by atoms with Crippen LogP contribution in [0, 0.1) is 11.2 Å². The fraction of sp³-hybridized carbons (Fsp3) is 0.385. The summed E-state index contributed by atoms with van der Waals surface area (Å²) in [7, 11) is 0. The Morgan fingerprint density at radius 3 is 2.83 bits per heavy atom. The van der Waals surface area contributed by atoms with Crippen molar-refractivity contribution in [3.05, 3.63) is 29.8 Å². The number of benzene rings is 1. The summed E-state index contributed by atoms with van der Waals surface area (Å²) in [6, 6.07) is 4.11. The Morgan fingerprint density at radius 1 is 1.44 bits per heavy atom. The van der Waals surface area contributed by atoms with Crippen molar-refractivity contribution < 1.29 is 8.91 Å². The number of hydrogen-bond acceptors (Lipinski definition) is 4. The fourth-order valence-corrected chi connectivity index (χ4v) is 2.11. The molecule has 18 heavy (non-hydrogen) atoms. The lowest BCUT2D eigenvalue weighted by molar-refractivity contribution is 0.419. The Balaban J connectivity index is 1.96. The first kappa shape index (κ1) is 11.2. The number of rotatable bonds is 2. The molecule has 1 aliphatic rings. The summed E-state index contributed by atoms with van der Waals surface area (Å²) >= 11 is 0. The van der Waals surface area contributed by atoms with Gasteiger partial charge in [0, 0.05) is 11.6 Å². The third kappa shape index (κ3) is 1.75. The second-order valence-electron chi connectivity index (χ2n) is 5.43. The molecular formula is C13H14FN3O. The highest BCUT2D eigenvalue weighted by Gasteiger charge is 2.49. The molecule has 94 valence electrons. The predicted octanol–water partition coefficient (Wildman–Crippen LogP) is 2.97. The maximum absolute atomic E-state index is 13.2. The zero-order valence-corrected chi connectivity index (χ0v) is 10.3. The van der Waals surface area contributed by atoms with Gasteiger partial charge in [0.05, 0.1) is 5.56 Å². The van der Waals surface area contributed by atoms with E-state index in [1.54, 1.807) is 0 Å². The topological polar surface area (TPSA) is 64.9 Å². The van der Waals surface area contributed by atoms with Gasteiger partial charge in [0.2, 0.25) is 0 Å². The molecule has 1 atom stereocenters. The lowest BCUT2D eigenvalue weighted by Crippen LogP contribution is -1.93. The van der Waals surface area contributed by atoms with Crippen molar-refractivity contribution in [1.82, 2.24) is 10.1 Å². The highest BCUT2D eigenvalue weighted by molar-refractivity contribution is 5.70. The van der Waals surface area contributed by atoms with E-state index in [1.807, 2.05) is 0 Å². The molecule has 1 aliphatic carbocycles. The van der Waals surface area contributed by atoms with Crippen LogP contribution in [0.25, 0.3) is 11.5 Å². The predicted molar refractivity (Wildman–Crippen MR) is 65.2 cm³/mol. The van der Waals surface area contributed by atoms with Gasteiger partial charge in [-0.05, 0) is 30.0 Å². The van der Waals surface area contributed by atoms with E-state index in [9.17, 15) is 4.39 Å². The molecule has 1 unspecified atom stereocenters. The molecular weight excluding hydrogens is 233 g/mol. The number of hydrogen-bond donors (Lipinski definition) is 1. The number of anilines is 1. The molecule has 2 N–H and O–H groups in total. The van der Waals surface area contributed by atoms with Crippen LogP contribution >= 0.6 is 0 Å². The van der Waals surface area contributed by atoms with Crippen molar-refractivity contribution in [2.24, 2.45) is 5.41 Å². The van der Waals surface area contributed by atoms with E-state index in [4.69, 9.17) is 10.3 Å². The number of nitrogen functional groups attached to an aromatic ring is 1. The second kappa shape index (κ2) is 3.54. The summed E-state index contributed by atoms with van der Waals surface area (Å²) in [5, 5.41) is 3.96. The molecule has 0 aliphatic heterocycles. The first-order valence-electron chi connectivity index (χ1n) is 5.86. The Kier molecular flexibility index (Phi) is 2.20. The van der Waals surface area contributed by atoms with E-state index in [1.165, 1.54) is 18.2 Å². The van der Waals surface area contributed by atoms with Crippen LogP contribution in [0.4, 0.5) is 10.1 Å². The van der Waals surface area contributed by atoms with Crippen molar-refractivity contribution in [3.8, 4) is 11.5 Å². The monoisotopic (exact) mass is 247 g/mol. The smallest absolute Gasteiger partial charge is 0.260 e. The maximum Gasteiger partial charge on any atom is 0.260 e. The molecule has 1 saturated carbocycles. The molecule has 0 bridgehead atoms. The summed E-state index contributed by atoms with van der Waals surface area (Å²) in [6.45, 7) is 4.31. The standard InChI is InChI=1S/C13H14FN3O/c1-13(2)6-9(13)11-16-12(18-17-11)8-5-7(14)3-4-10(8)15/h3-5,9H,6,15H2,1-2H3. The lowest BCUT2D eigenvalue weighted by atomic mass is 10.1. The minimum Gasteiger partial charge on any atom is -0.398 e. The molecule has 1 aromatic heterocycles. The maximum atomic E-state index is 13.2. The molecule has 3 rings (SSSR count). The number of nitrogens with two attached hydrogens (primary N) is 1. The molecule has 4 nitrogen and oxygen atoms in total. The zero-order valence-electron chi connectivity index (χ0n) is 10.3. The van der Waals surface area contributed by atoms with Gasteiger partial charge in [0.1, 0.15) is 5.82 Å². The number of nitrogens with zero attached hydrogens (tertiary/aromatic N) is 2. The average Bonchev–Trinajstić information content (AvgIpc) is 2.77. The van der Waals surface area contributed by atoms with Gasteiger partial charge in [-0.25, -0.2) is 4.39 Å². The Hall–Kier alpha value is -1.91. The molecule has 0 spiro atoms. The molecule has 0 saturated heterocycles. The van der Waals surface area contributed by atoms with Crippen LogP contribution in [-0.4, -0.2) is 10.1 Å². The van der Waals surface area contributed by atoms with Crippen LogP contribution in [0.1, 0.15) is 32.0 Å². The first-order valence-corrected chi connectivity index (χ1v) is 5.86. The third-order valence-corrected chi connectivity index (χ3v) is 3.51. The van der Waals surface area contributed by atoms with Gasteiger partial charge in [0.15, 0.2) is 5.82 Å². The van der Waals surface area contributed by atoms with Gasteiger partial charge in [-0.1, -0.05) is 19.0 Å². The van der Waals surface area contributed by atoms with Gasteiger partial charge in [-0.3, -0.25) is 0 Å². The van der Waals surface area contributed by atoms with Gasteiger partial charge >= 0.3 is 0 Å². The molecule has 1 heterocycles. The third-order valence-electron chi connectivity index (χ3n) is 3.51. The minimum atomic E-state index is -0.370. The van der Waals surface area contributed by atoms with Gasteiger partial charge in [0.25, 0.3) is 5.89 Å². The fourth-order valence-electron chi connectivity index (χ4n) is 2.11. The summed E-state index contributed by atoms with van der Waals surface area (Å²) in [6.07, 6.45) is 1.05. The van der Waals surface area contributed by atoms with Crippen molar-refractivity contribution >= 4 is 5.69 Å². The number of aromatic nitrogens is 2. The SMILES string of the molecule is CC1(C)CC1c1noc(-c2cc(F)ccc2N)n1. The highest BCUT2D eigenvalue weighted by atomic mass is 19.1. The summed E-state index contributed by atoms with van der Waals surface area (Å²) in [5.41, 5.74) is 6.90. The van der Waals surface area contributed by atoms with Crippen LogP contribution in [0.5, 0.6) is 0 Å². The van der Waals surface area contributed by atoms with Crippen LogP contribution < -0.4 is 5.73 Å². The van der Waals surface area contributed by atoms with Crippen molar-refractivity contribution in [2.45, 2.75) is 26.2 Å². The van der Waals surface area contributed by atoms with Crippen molar-refractivity contribution in [3.63, 3.8) is 0 Å². The van der Waals surface area contributed by atoms with Gasteiger partial charge in [-0.2, -0.15) is 4.98 Å². The van der Waals surface area contributed by atoms with Crippen LogP contribution in [0.3, 0.4) is 0 Å². The first-order chi connectivity index (χ1) is 8.47. The Morgan fingerprint density at radius 2 is 2.17 bits per heavy atom. The van der Waals surface area contributed by atoms with E-state index in [2.05, 4.69) is 24.0 Å². The average molecular weight is 247 g/mol. The second-order valence-corrected chi connectivity index (χ2v) is 5.43. The van der Waals surface area contributed by atoms with E-state index < -0.39 is 0 Å². The Labute approximate surface area is 104 Å².